The van der Waals surface area contributed by atoms with Gasteiger partial charge < -0.3 is 10.4 Å². The first-order valence-electron chi connectivity index (χ1n) is 5.96. The SMILES string of the molecule is Cc1n[nH]c(C)c1C(=O)NCC(C)(O)c1ccsc1. The van der Waals surface area contributed by atoms with Crippen molar-refractivity contribution in [3.05, 3.63) is 39.3 Å². The predicted molar refractivity (Wildman–Crippen MR) is 74.3 cm³/mol. The van der Waals surface area contributed by atoms with Crippen LogP contribution in [0.1, 0.15) is 34.2 Å². The number of aryl methyl sites for hydroxylation is 2. The van der Waals surface area contributed by atoms with E-state index in [0.29, 0.717) is 11.3 Å². The fraction of sp³-hybridized carbons (Fsp3) is 0.385. The first kappa shape index (κ1) is 13.8. The van der Waals surface area contributed by atoms with E-state index in [-0.39, 0.29) is 12.5 Å². The van der Waals surface area contributed by atoms with E-state index in [1.165, 1.54) is 11.3 Å². The number of nitrogens with zero attached hydrogens (tertiary/aromatic N) is 1. The van der Waals surface area contributed by atoms with Gasteiger partial charge in [0.25, 0.3) is 5.91 Å². The standard InChI is InChI=1S/C13H17N3O2S/c1-8-11(9(2)16-15-8)12(17)14-7-13(3,18)10-4-5-19-6-10/h4-6,18H,7H2,1-3H3,(H,14,17)(H,15,16). The molecule has 2 rings (SSSR count). The molecule has 3 N–H and O–H groups in total. The second-order valence-electron chi connectivity index (χ2n) is 4.78. The third-order valence-corrected chi connectivity index (χ3v) is 3.77. The van der Waals surface area contributed by atoms with Crippen molar-refractivity contribution in [3.63, 3.8) is 0 Å². The van der Waals surface area contributed by atoms with Gasteiger partial charge in [0.15, 0.2) is 0 Å². The Morgan fingerprint density at radius 1 is 1.58 bits per heavy atom. The van der Waals surface area contributed by atoms with Gasteiger partial charge in [0.05, 0.1) is 17.8 Å². The first-order chi connectivity index (χ1) is 8.92. The van der Waals surface area contributed by atoms with E-state index in [4.69, 9.17) is 0 Å². The van der Waals surface area contributed by atoms with Crippen LogP contribution in [-0.2, 0) is 5.60 Å². The van der Waals surface area contributed by atoms with E-state index in [0.717, 1.165) is 11.3 Å². The summed E-state index contributed by atoms with van der Waals surface area (Å²) >= 11 is 1.52. The summed E-state index contributed by atoms with van der Waals surface area (Å²) in [6, 6.07) is 1.85. The molecule has 0 saturated carbocycles. The molecule has 0 spiro atoms. The van der Waals surface area contributed by atoms with Crippen LogP contribution in [-0.4, -0.2) is 27.8 Å². The average Bonchev–Trinajstić information content (AvgIpc) is 2.97. The van der Waals surface area contributed by atoms with Gasteiger partial charge in [-0.25, -0.2) is 0 Å². The van der Waals surface area contributed by atoms with Gasteiger partial charge in [0.1, 0.15) is 5.60 Å². The van der Waals surface area contributed by atoms with Crippen molar-refractivity contribution in [3.8, 4) is 0 Å². The van der Waals surface area contributed by atoms with Crippen LogP contribution in [0, 0.1) is 13.8 Å². The third kappa shape index (κ3) is 2.85. The fourth-order valence-corrected chi connectivity index (χ4v) is 2.68. The molecular formula is C13H17N3O2S. The number of carbonyl (C=O) groups excluding carboxylic acids is 1. The molecule has 0 saturated heterocycles. The Kier molecular flexibility index (Phi) is 3.73. The van der Waals surface area contributed by atoms with Crippen LogP contribution in [0.5, 0.6) is 0 Å². The molecule has 0 radical (unpaired) electrons. The van der Waals surface area contributed by atoms with Gasteiger partial charge in [-0.2, -0.15) is 16.4 Å². The van der Waals surface area contributed by atoms with Crippen molar-refractivity contribution in [2.45, 2.75) is 26.4 Å². The lowest BCUT2D eigenvalue weighted by atomic mass is 9.99. The highest BCUT2D eigenvalue weighted by molar-refractivity contribution is 7.08. The molecule has 0 aliphatic rings. The molecule has 19 heavy (non-hydrogen) atoms. The summed E-state index contributed by atoms with van der Waals surface area (Å²) in [6.45, 7) is 5.42. The lowest BCUT2D eigenvalue weighted by Gasteiger charge is -2.22. The number of hydrogen-bond acceptors (Lipinski definition) is 4. The van der Waals surface area contributed by atoms with E-state index in [1.807, 2.05) is 16.8 Å². The number of thiophene rings is 1. The highest BCUT2D eigenvalue weighted by atomic mass is 32.1. The normalized spacial score (nSPS) is 14.1. The van der Waals surface area contributed by atoms with Crippen LogP contribution in [0.3, 0.4) is 0 Å². The van der Waals surface area contributed by atoms with Crippen molar-refractivity contribution in [1.82, 2.24) is 15.5 Å². The monoisotopic (exact) mass is 279 g/mol. The minimum atomic E-state index is -1.07. The Morgan fingerprint density at radius 2 is 2.32 bits per heavy atom. The maximum absolute atomic E-state index is 12.1. The molecule has 1 amide bonds. The zero-order chi connectivity index (χ0) is 14.0. The van der Waals surface area contributed by atoms with Crippen LogP contribution in [0.25, 0.3) is 0 Å². The van der Waals surface area contributed by atoms with E-state index in [9.17, 15) is 9.90 Å². The number of rotatable bonds is 4. The molecule has 1 atom stereocenters. The van der Waals surface area contributed by atoms with E-state index < -0.39 is 5.60 Å². The number of H-pyrrole nitrogens is 1. The minimum absolute atomic E-state index is 0.159. The van der Waals surface area contributed by atoms with Crippen LogP contribution >= 0.6 is 11.3 Å². The quantitative estimate of drug-likeness (QED) is 0.797. The predicted octanol–water partition coefficient (Wildman–Crippen LogP) is 1.73. The summed E-state index contributed by atoms with van der Waals surface area (Å²) in [5.41, 5.74) is 1.66. The Hall–Kier alpha value is -1.66. The molecule has 2 aromatic rings. The van der Waals surface area contributed by atoms with Gasteiger partial charge in [-0.1, -0.05) is 0 Å². The Balaban J connectivity index is 2.05. The van der Waals surface area contributed by atoms with Gasteiger partial charge in [-0.05, 0) is 43.2 Å². The van der Waals surface area contributed by atoms with Crippen LogP contribution in [0.15, 0.2) is 16.8 Å². The lowest BCUT2D eigenvalue weighted by molar-refractivity contribution is 0.0529. The van der Waals surface area contributed by atoms with Crippen molar-refractivity contribution < 1.29 is 9.90 Å². The molecule has 0 aromatic carbocycles. The molecule has 2 aromatic heterocycles. The molecular weight excluding hydrogens is 262 g/mol. The lowest BCUT2D eigenvalue weighted by Crippen LogP contribution is -2.38. The van der Waals surface area contributed by atoms with Crippen molar-refractivity contribution in [2.75, 3.05) is 6.54 Å². The molecule has 5 nitrogen and oxygen atoms in total. The second kappa shape index (κ2) is 5.14. The number of aromatic nitrogens is 2. The maximum atomic E-state index is 12.1. The second-order valence-corrected chi connectivity index (χ2v) is 5.56. The number of nitrogens with one attached hydrogen (secondary N) is 2. The Bertz CT molecular complexity index is 553. The topological polar surface area (TPSA) is 78.0 Å². The minimum Gasteiger partial charge on any atom is -0.384 e. The zero-order valence-electron chi connectivity index (χ0n) is 11.2. The summed E-state index contributed by atoms with van der Waals surface area (Å²) in [5.74, 6) is -0.223. The van der Waals surface area contributed by atoms with Crippen molar-refractivity contribution in [1.29, 1.82) is 0 Å². The van der Waals surface area contributed by atoms with Gasteiger partial charge >= 0.3 is 0 Å². The Morgan fingerprint density at radius 3 is 2.84 bits per heavy atom. The number of aliphatic hydroxyl groups is 1. The maximum Gasteiger partial charge on any atom is 0.255 e. The van der Waals surface area contributed by atoms with Gasteiger partial charge in [-0.3, -0.25) is 9.89 Å². The van der Waals surface area contributed by atoms with Crippen LogP contribution < -0.4 is 5.32 Å². The largest absolute Gasteiger partial charge is 0.384 e. The van der Waals surface area contributed by atoms with E-state index in [1.54, 1.807) is 20.8 Å². The van der Waals surface area contributed by atoms with Crippen LogP contribution in [0.4, 0.5) is 0 Å². The van der Waals surface area contributed by atoms with E-state index >= 15 is 0 Å². The molecule has 0 fully saturated rings. The Labute approximate surface area is 115 Å². The summed E-state index contributed by atoms with van der Waals surface area (Å²) in [6.07, 6.45) is 0. The summed E-state index contributed by atoms with van der Waals surface area (Å²) in [5, 5.41) is 23.6. The highest BCUT2D eigenvalue weighted by Crippen LogP contribution is 2.22. The molecule has 0 aliphatic heterocycles. The molecule has 0 bridgehead atoms. The zero-order valence-corrected chi connectivity index (χ0v) is 12.0. The molecule has 102 valence electrons. The summed E-state index contributed by atoms with van der Waals surface area (Å²) in [7, 11) is 0. The number of aromatic amines is 1. The third-order valence-electron chi connectivity index (χ3n) is 3.09. The van der Waals surface area contributed by atoms with Gasteiger partial charge in [0.2, 0.25) is 0 Å². The van der Waals surface area contributed by atoms with Crippen LogP contribution in [0.2, 0.25) is 0 Å². The smallest absolute Gasteiger partial charge is 0.255 e. The summed E-state index contributed by atoms with van der Waals surface area (Å²) in [4.78, 5) is 12.1. The first-order valence-corrected chi connectivity index (χ1v) is 6.91. The summed E-state index contributed by atoms with van der Waals surface area (Å²) < 4.78 is 0. The number of carbonyl (C=O) groups is 1. The molecule has 2 heterocycles. The number of amides is 1. The fourth-order valence-electron chi connectivity index (χ4n) is 1.90. The van der Waals surface area contributed by atoms with Crippen molar-refractivity contribution >= 4 is 17.2 Å². The molecule has 6 heteroatoms. The molecule has 1 unspecified atom stereocenters. The van der Waals surface area contributed by atoms with Crippen molar-refractivity contribution in [2.24, 2.45) is 0 Å². The van der Waals surface area contributed by atoms with E-state index in [2.05, 4.69) is 15.5 Å². The number of hydrogen-bond donors (Lipinski definition) is 3. The van der Waals surface area contributed by atoms with Gasteiger partial charge in [0, 0.05) is 5.69 Å². The average molecular weight is 279 g/mol. The highest BCUT2D eigenvalue weighted by Gasteiger charge is 2.25. The molecule has 0 aliphatic carbocycles. The van der Waals surface area contributed by atoms with Gasteiger partial charge in [-0.15, -0.1) is 0 Å².